The van der Waals surface area contributed by atoms with E-state index < -0.39 is 5.60 Å². The Morgan fingerprint density at radius 3 is 2.57 bits per heavy atom. The van der Waals surface area contributed by atoms with Crippen molar-refractivity contribution in [2.45, 2.75) is 52.5 Å². The van der Waals surface area contributed by atoms with E-state index in [4.69, 9.17) is 14.2 Å². The zero-order valence-corrected chi connectivity index (χ0v) is 18.9. The Morgan fingerprint density at radius 2 is 1.90 bits per heavy atom. The maximum absolute atomic E-state index is 12.0. The monoisotopic (exact) mass is 420 g/mol. The maximum Gasteiger partial charge on any atom is 0.410 e. The van der Waals surface area contributed by atoms with Gasteiger partial charge in [0.25, 0.3) is 0 Å². The lowest BCUT2D eigenvalue weighted by molar-refractivity contribution is 0.00701. The third kappa shape index (κ3) is 8.59. The molecule has 1 aliphatic rings. The van der Waals surface area contributed by atoms with Gasteiger partial charge in [-0.3, -0.25) is 4.99 Å². The van der Waals surface area contributed by atoms with Crippen LogP contribution in [0.25, 0.3) is 0 Å². The van der Waals surface area contributed by atoms with Crippen LogP contribution in [0.1, 0.15) is 38.8 Å². The number of likely N-dealkylation sites (tertiary alicyclic amines) is 1. The summed E-state index contributed by atoms with van der Waals surface area (Å²) >= 11 is 0. The first kappa shape index (κ1) is 24.0. The minimum Gasteiger partial charge on any atom is -0.444 e. The molecule has 0 atom stereocenters. The average Bonchev–Trinajstić information content (AvgIpc) is 2.65. The van der Waals surface area contributed by atoms with E-state index >= 15 is 0 Å². The Bertz CT molecular complexity index is 697. The fourth-order valence-corrected chi connectivity index (χ4v) is 2.90. The molecule has 0 spiro atoms. The van der Waals surface area contributed by atoms with E-state index in [1.54, 1.807) is 11.9 Å². The van der Waals surface area contributed by atoms with Crippen LogP contribution in [0, 0.1) is 0 Å². The molecular formula is C22H36N4O4. The summed E-state index contributed by atoms with van der Waals surface area (Å²) in [5.41, 5.74) is 1.80. The van der Waals surface area contributed by atoms with E-state index in [1.165, 1.54) is 0 Å². The van der Waals surface area contributed by atoms with Crippen LogP contribution in [0.2, 0.25) is 0 Å². The molecular weight excluding hydrogens is 384 g/mol. The molecule has 0 unspecified atom stereocenters. The quantitative estimate of drug-likeness (QED) is 0.363. The third-order valence-corrected chi connectivity index (χ3v) is 4.39. The Balaban J connectivity index is 1.71. The van der Waals surface area contributed by atoms with Gasteiger partial charge >= 0.3 is 6.09 Å². The number of hydrogen-bond acceptors (Lipinski definition) is 5. The lowest BCUT2D eigenvalue weighted by Crippen LogP contribution is -2.63. The first-order valence-electron chi connectivity index (χ1n) is 10.5. The number of rotatable bonds is 9. The molecule has 2 rings (SSSR count). The van der Waals surface area contributed by atoms with Crippen LogP contribution in [-0.4, -0.2) is 68.6 Å². The van der Waals surface area contributed by atoms with Gasteiger partial charge in [-0.15, -0.1) is 0 Å². The second-order valence-corrected chi connectivity index (χ2v) is 8.22. The van der Waals surface area contributed by atoms with Crippen molar-refractivity contribution >= 4 is 12.1 Å². The fraction of sp³-hybridized carbons (Fsp3) is 0.636. The molecule has 1 amide bonds. The number of amides is 1. The Hall–Kier alpha value is -2.32. The molecule has 8 heteroatoms. The van der Waals surface area contributed by atoms with Gasteiger partial charge in [0, 0.05) is 33.3 Å². The summed E-state index contributed by atoms with van der Waals surface area (Å²) in [6, 6.07) is 8.43. The van der Waals surface area contributed by atoms with Gasteiger partial charge in [0.15, 0.2) is 5.96 Å². The van der Waals surface area contributed by atoms with Crippen molar-refractivity contribution in [3.63, 3.8) is 0 Å². The number of guanidine groups is 1. The van der Waals surface area contributed by atoms with Gasteiger partial charge in [0.1, 0.15) is 5.60 Å². The summed E-state index contributed by atoms with van der Waals surface area (Å²) in [4.78, 5) is 18.0. The van der Waals surface area contributed by atoms with E-state index in [2.05, 4.69) is 33.8 Å². The maximum atomic E-state index is 12.0. The van der Waals surface area contributed by atoms with Gasteiger partial charge < -0.3 is 29.7 Å². The van der Waals surface area contributed by atoms with E-state index in [-0.39, 0.29) is 12.1 Å². The van der Waals surface area contributed by atoms with E-state index in [1.807, 2.05) is 33.8 Å². The number of aliphatic imine (C=N–C) groups is 1. The number of ether oxygens (including phenoxy) is 3. The Morgan fingerprint density at radius 1 is 1.20 bits per heavy atom. The van der Waals surface area contributed by atoms with Gasteiger partial charge in [-0.1, -0.05) is 24.3 Å². The lowest BCUT2D eigenvalue weighted by Gasteiger charge is -2.40. The molecule has 30 heavy (non-hydrogen) atoms. The summed E-state index contributed by atoms with van der Waals surface area (Å²) in [6.07, 6.45) is -0.274. The third-order valence-electron chi connectivity index (χ3n) is 4.39. The second kappa shape index (κ2) is 11.8. The van der Waals surface area contributed by atoms with Crippen LogP contribution in [0.15, 0.2) is 29.3 Å². The van der Waals surface area contributed by atoms with Gasteiger partial charge in [0.05, 0.1) is 25.9 Å². The number of nitrogens with one attached hydrogen (secondary N) is 2. The van der Waals surface area contributed by atoms with Crippen LogP contribution in [0.4, 0.5) is 4.79 Å². The normalized spacial score (nSPS) is 15.0. The molecule has 0 aliphatic carbocycles. The highest BCUT2D eigenvalue weighted by molar-refractivity contribution is 5.80. The van der Waals surface area contributed by atoms with Crippen LogP contribution in [0.3, 0.4) is 0 Å². The summed E-state index contributed by atoms with van der Waals surface area (Å²) in [6.45, 7) is 11.9. The van der Waals surface area contributed by atoms with Crippen LogP contribution < -0.4 is 10.6 Å². The topological polar surface area (TPSA) is 84.4 Å². The molecule has 0 bridgehead atoms. The van der Waals surface area contributed by atoms with Gasteiger partial charge in [-0.2, -0.15) is 0 Å². The summed E-state index contributed by atoms with van der Waals surface area (Å²) in [5, 5.41) is 6.66. The number of benzene rings is 1. The lowest BCUT2D eigenvalue weighted by atomic mass is 10.1. The highest BCUT2D eigenvalue weighted by atomic mass is 16.6. The molecule has 1 aliphatic heterocycles. The molecule has 8 nitrogen and oxygen atoms in total. The minimum absolute atomic E-state index is 0.161. The molecule has 1 saturated heterocycles. The molecule has 1 heterocycles. The molecule has 168 valence electrons. The zero-order chi connectivity index (χ0) is 22.0. The summed E-state index contributed by atoms with van der Waals surface area (Å²) in [5.74, 6) is 0.710. The van der Waals surface area contributed by atoms with Gasteiger partial charge in [-0.25, -0.2) is 4.79 Å². The van der Waals surface area contributed by atoms with Crippen molar-refractivity contribution in [1.29, 1.82) is 0 Å². The predicted octanol–water partition coefficient (Wildman–Crippen LogP) is 2.52. The first-order chi connectivity index (χ1) is 14.3. The van der Waals surface area contributed by atoms with Crippen molar-refractivity contribution in [3.8, 4) is 0 Å². The standard InChI is InChI=1S/C22H36N4O4/c1-6-28-10-11-29-16-18-9-7-8-17(12-18)13-24-20(23-5)25-19-14-26(15-19)21(27)30-22(2,3)4/h7-9,12,19H,6,10-11,13-16H2,1-5H3,(H2,23,24,25). The smallest absolute Gasteiger partial charge is 0.410 e. The zero-order valence-electron chi connectivity index (χ0n) is 18.9. The van der Waals surface area contributed by atoms with E-state index in [9.17, 15) is 4.79 Å². The number of hydrogen-bond donors (Lipinski definition) is 2. The van der Waals surface area contributed by atoms with Crippen molar-refractivity contribution in [3.05, 3.63) is 35.4 Å². The van der Waals surface area contributed by atoms with Crippen molar-refractivity contribution in [2.75, 3.05) is 40.0 Å². The van der Waals surface area contributed by atoms with Gasteiger partial charge in [-0.05, 0) is 38.8 Å². The molecule has 1 fully saturated rings. The van der Waals surface area contributed by atoms with Crippen molar-refractivity contribution in [2.24, 2.45) is 4.99 Å². The fourth-order valence-electron chi connectivity index (χ4n) is 2.90. The summed E-state index contributed by atoms with van der Waals surface area (Å²) < 4.78 is 16.3. The number of carbonyl (C=O) groups is 1. The second-order valence-electron chi connectivity index (χ2n) is 8.22. The Kier molecular flexibility index (Phi) is 9.39. The molecule has 0 radical (unpaired) electrons. The summed E-state index contributed by atoms with van der Waals surface area (Å²) in [7, 11) is 1.74. The highest BCUT2D eigenvalue weighted by Gasteiger charge is 2.34. The SMILES string of the molecule is CCOCCOCc1cccc(CNC(=NC)NC2CN(C(=O)OC(C)(C)C)C2)c1. The largest absolute Gasteiger partial charge is 0.444 e. The molecule has 0 saturated carbocycles. The predicted molar refractivity (Wildman–Crippen MR) is 118 cm³/mol. The van der Waals surface area contributed by atoms with Crippen LogP contribution in [0.5, 0.6) is 0 Å². The van der Waals surface area contributed by atoms with Gasteiger partial charge in [0.2, 0.25) is 0 Å². The number of carbonyl (C=O) groups excluding carboxylic acids is 1. The highest BCUT2D eigenvalue weighted by Crippen LogP contribution is 2.15. The molecule has 1 aromatic carbocycles. The number of nitrogens with zero attached hydrogens (tertiary/aromatic N) is 2. The van der Waals surface area contributed by atoms with Crippen LogP contribution >= 0.6 is 0 Å². The van der Waals surface area contributed by atoms with Crippen molar-refractivity contribution < 1.29 is 19.0 Å². The average molecular weight is 421 g/mol. The minimum atomic E-state index is -0.476. The molecule has 0 aromatic heterocycles. The first-order valence-corrected chi connectivity index (χ1v) is 10.5. The van der Waals surface area contributed by atoms with E-state index in [0.29, 0.717) is 52.0 Å². The van der Waals surface area contributed by atoms with E-state index in [0.717, 1.165) is 11.1 Å². The van der Waals surface area contributed by atoms with Crippen molar-refractivity contribution in [1.82, 2.24) is 15.5 Å². The molecule has 2 N–H and O–H groups in total. The van der Waals surface area contributed by atoms with Crippen LogP contribution in [-0.2, 0) is 27.4 Å². The molecule has 1 aromatic rings. The Labute approximate surface area is 180 Å².